The second-order valence-corrected chi connectivity index (χ2v) is 10.4. The molecule has 1 amide bonds. The Balaban J connectivity index is 1.33. The molecule has 0 bridgehead atoms. The van der Waals surface area contributed by atoms with E-state index in [4.69, 9.17) is 23.7 Å². The number of nitrogens with one attached hydrogen (secondary N) is 1. The summed E-state index contributed by atoms with van der Waals surface area (Å²) in [6, 6.07) is 7.49. The van der Waals surface area contributed by atoms with Gasteiger partial charge in [-0.15, -0.1) is 5.10 Å². The first-order chi connectivity index (χ1) is 18.7. The van der Waals surface area contributed by atoms with Gasteiger partial charge in [0.15, 0.2) is 18.7 Å². The molecule has 0 aliphatic carbocycles. The first kappa shape index (κ1) is 29.5. The van der Waals surface area contributed by atoms with E-state index in [1.54, 1.807) is 32.4 Å². The van der Waals surface area contributed by atoms with Crippen LogP contribution < -0.4 is 5.32 Å². The van der Waals surface area contributed by atoms with Crippen LogP contribution >= 0.6 is 0 Å². The Morgan fingerprint density at radius 3 is 2.51 bits per heavy atom. The van der Waals surface area contributed by atoms with Gasteiger partial charge in [-0.25, -0.2) is 4.68 Å². The summed E-state index contributed by atoms with van der Waals surface area (Å²) in [4.78, 5) is 13.1. The van der Waals surface area contributed by atoms with Crippen molar-refractivity contribution in [2.24, 2.45) is 0 Å². The molecule has 12 heteroatoms. The van der Waals surface area contributed by atoms with Gasteiger partial charge in [0, 0.05) is 13.2 Å². The number of hydrogen-bond acceptors (Lipinski definition) is 10. The Kier molecular flexibility index (Phi) is 10.4. The smallest absolute Gasteiger partial charge is 0.252 e. The molecule has 39 heavy (non-hydrogen) atoms. The van der Waals surface area contributed by atoms with E-state index >= 15 is 0 Å². The second kappa shape index (κ2) is 13.8. The molecule has 0 spiro atoms. The zero-order chi connectivity index (χ0) is 27.9. The van der Waals surface area contributed by atoms with E-state index in [9.17, 15) is 15.0 Å². The van der Waals surface area contributed by atoms with Crippen molar-refractivity contribution in [3.05, 3.63) is 41.7 Å². The van der Waals surface area contributed by atoms with Crippen LogP contribution in [0.2, 0.25) is 0 Å². The fourth-order valence-electron chi connectivity index (χ4n) is 4.46. The van der Waals surface area contributed by atoms with Crippen LogP contribution in [0.3, 0.4) is 0 Å². The maximum absolute atomic E-state index is 13.1. The largest absolute Gasteiger partial charge is 0.387 e. The summed E-state index contributed by atoms with van der Waals surface area (Å²) in [6.07, 6.45) is -1.97. The fraction of sp³-hybridized carbons (Fsp3) is 0.667. The van der Waals surface area contributed by atoms with Gasteiger partial charge in [-0.05, 0) is 64.7 Å². The third-order valence-electron chi connectivity index (χ3n) is 6.40. The van der Waals surface area contributed by atoms with Gasteiger partial charge in [-0.1, -0.05) is 17.3 Å². The van der Waals surface area contributed by atoms with Crippen LogP contribution in [0.25, 0.3) is 5.69 Å². The molecule has 2 fully saturated rings. The van der Waals surface area contributed by atoms with Gasteiger partial charge < -0.3 is 39.2 Å². The van der Waals surface area contributed by atoms with E-state index in [2.05, 4.69) is 15.6 Å². The van der Waals surface area contributed by atoms with Crippen LogP contribution in [0, 0.1) is 0 Å². The highest BCUT2D eigenvalue weighted by Gasteiger charge is 2.49. The van der Waals surface area contributed by atoms with Gasteiger partial charge in [0.25, 0.3) is 5.91 Å². The minimum atomic E-state index is -1.35. The number of amides is 1. The number of aliphatic hydroxyl groups is 2. The van der Waals surface area contributed by atoms with Crippen molar-refractivity contribution in [1.82, 2.24) is 20.3 Å². The van der Waals surface area contributed by atoms with Crippen LogP contribution in [0.5, 0.6) is 0 Å². The number of carbonyl (C=O) groups excluding carboxylic acids is 1. The van der Waals surface area contributed by atoms with Gasteiger partial charge in [-0.3, -0.25) is 4.79 Å². The summed E-state index contributed by atoms with van der Waals surface area (Å²) in [5, 5.41) is 32.3. The number of hydrogen-bond donors (Lipinski definition) is 3. The zero-order valence-corrected chi connectivity index (χ0v) is 22.9. The number of carbonyl (C=O) groups is 1. The molecule has 6 atom stereocenters. The minimum Gasteiger partial charge on any atom is -0.387 e. The van der Waals surface area contributed by atoms with E-state index in [0.29, 0.717) is 12.3 Å². The molecule has 1 aromatic heterocycles. The summed E-state index contributed by atoms with van der Waals surface area (Å²) >= 11 is 0. The van der Waals surface area contributed by atoms with Gasteiger partial charge in [-0.2, -0.15) is 0 Å². The molecule has 2 aromatic rings. The van der Waals surface area contributed by atoms with E-state index in [1.807, 2.05) is 30.5 Å². The summed E-state index contributed by atoms with van der Waals surface area (Å²) in [5.41, 5.74) is 2.36. The Morgan fingerprint density at radius 1 is 1.10 bits per heavy atom. The molecule has 12 nitrogen and oxygen atoms in total. The predicted octanol–water partition coefficient (Wildman–Crippen LogP) is 1.59. The van der Waals surface area contributed by atoms with Crippen molar-refractivity contribution < 1.29 is 38.7 Å². The van der Waals surface area contributed by atoms with Crippen molar-refractivity contribution in [2.75, 3.05) is 6.61 Å². The average molecular weight is 549 g/mol. The van der Waals surface area contributed by atoms with Gasteiger partial charge >= 0.3 is 0 Å². The topological polar surface area (TPSA) is 146 Å². The number of nitrogens with zero attached hydrogens (tertiary/aromatic N) is 3. The van der Waals surface area contributed by atoms with E-state index in [1.165, 1.54) is 0 Å². The van der Waals surface area contributed by atoms with Gasteiger partial charge in [0.1, 0.15) is 24.0 Å². The quantitative estimate of drug-likeness (QED) is 0.378. The Morgan fingerprint density at radius 2 is 1.85 bits per heavy atom. The Bertz CT molecular complexity index is 1040. The molecule has 0 saturated carbocycles. The molecular formula is C27H40N4O8. The standard InChI is InChI=1S/C27H40N4O8/c1-16(2)37-24-22(32)23(33)27(38-17(3)4)39-25(24)26(34)28-13-18-8-10-20(11-9-18)31-14-19(29-30-31)15-36-21-7-5-6-12-35-21/h8-11,14,16-17,21-25,27,32-33H,5-7,12-13,15H2,1-4H3,(H,28,34)/t21?,22-,23+,24+,25?,27-/m1/s1. The van der Waals surface area contributed by atoms with Gasteiger partial charge in [0.2, 0.25) is 0 Å². The summed E-state index contributed by atoms with van der Waals surface area (Å²) < 4.78 is 30.1. The van der Waals surface area contributed by atoms with Crippen molar-refractivity contribution in [1.29, 1.82) is 0 Å². The van der Waals surface area contributed by atoms with E-state index < -0.39 is 36.6 Å². The Labute approximate surface area is 228 Å². The molecule has 4 rings (SSSR count). The van der Waals surface area contributed by atoms with Crippen LogP contribution in [0.15, 0.2) is 30.5 Å². The van der Waals surface area contributed by atoms with Crippen molar-refractivity contribution in [3.63, 3.8) is 0 Å². The number of aromatic nitrogens is 3. The van der Waals surface area contributed by atoms with Crippen molar-refractivity contribution in [3.8, 4) is 5.69 Å². The van der Waals surface area contributed by atoms with E-state index in [0.717, 1.165) is 37.1 Å². The molecule has 0 radical (unpaired) electrons. The molecule has 2 saturated heterocycles. The normalized spacial score (nSPS) is 27.7. The highest BCUT2D eigenvalue weighted by molar-refractivity contribution is 5.81. The molecule has 1 aromatic carbocycles. The Hall–Kier alpha value is -2.45. The first-order valence-electron chi connectivity index (χ1n) is 13.5. The third-order valence-corrected chi connectivity index (χ3v) is 6.40. The summed E-state index contributed by atoms with van der Waals surface area (Å²) in [5.74, 6) is -0.476. The number of rotatable bonds is 11. The molecule has 3 N–H and O–H groups in total. The van der Waals surface area contributed by atoms with Gasteiger partial charge in [0.05, 0.1) is 30.7 Å². The lowest BCUT2D eigenvalue weighted by Gasteiger charge is -2.42. The lowest BCUT2D eigenvalue weighted by Crippen LogP contribution is -2.63. The predicted molar refractivity (Wildman–Crippen MR) is 138 cm³/mol. The molecule has 2 unspecified atom stereocenters. The van der Waals surface area contributed by atoms with E-state index in [-0.39, 0.29) is 25.0 Å². The van der Waals surface area contributed by atoms with Crippen molar-refractivity contribution in [2.45, 2.75) is 109 Å². The molecule has 216 valence electrons. The lowest BCUT2D eigenvalue weighted by molar-refractivity contribution is -0.307. The first-order valence-corrected chi connectivity index (χ1v) is 13.5. The molecular weight excluding hydrogens is 508 g/mol. The maximum atomic E-state index is 13.1. The van der Waals surface area contributed by atoms with Crippen LogP contribution in [0.1, 0.15) is 58.2 Å². The number of benzene rings is 1. The SMILES string of the molecule is CC(C)O[C@@H]1OC(C(=O)NCc2ccc(-n3cc(COC4CCCCO4)nn3)cc2)[C@@H](OC(C)C)[C@H](O)[C@@H]1O. The second-order valence-electron chi connectivity index (χ2n) is 10.4. The van der Waals surface area contributed by atoms with Crippen LogP contribution in [-0.2, 0) is 41.6 Å². The average Bonchev–Trinajstić information content (AvgIpc) is 3.40. The van der Waals surface area contributed by atoms with Crippen molar-refractivity contribution >= 4 is 5.91 Å². The van der Waals surface area contributed by atoms with Crippen LogP contribution in [-0.4, -0.2) is 86.9 Å². The highest BCUT2D eigenvalue weighted by atomic mass is 16.7. The molecule has 2 aliphatic heterocycles. The maximum Gasteiger partial charge on any atom is 0.252 e. The lowest BCUT2D eigenvalue weighted by atomic mass is 9.97. The fourth-order valence-corrected chi connectivity index (χ4v) is 4.46. The summed E-state index contributed by atoms with van der Waals surface area (Å²) in [7, 11) is 0. The minimum absolute atomic E-state index is 0.188. The van der Waals surface area contributed by atoms with Crippen LogP contribution in [0.4, 0.5) is 0 Å². The monoisotopic (exact) mass is 548 g/mol. The summed E-state index contributed by atoms with van der Waals surface area (Å²) in [6.45, 7) is 8.39. The zero-order valence-electron chi connectivity index (χ0n) is 22.9. The number of ether oxygens (including phenoxy) is 5. The molecule has 3 heterocycles. The molecule has 2 aliphatic rings. The highest BCUT2D eigenvalue weighted by Crippen LogP contribution is 2.26. The number of aliphatic hydroxyl groups excluding tert-OH is 2. The third kappa shape index (κ3) is 8.04.